The SMILES string of the molecule is CCC1(c2nc3ccncc3[nH]2)CCNC1. The van der Waals surface area contributed by atoms with Gasteiger partial charge in [0.05, 0.1) is 17.2 Å². The van der Waals surface area contributed by atoms with E-state index >= 15 is 0 Å². The van der Waals surface area contributed by atoms with Crippen LogP contribution in [0.2, 0.25) is 0 Å². The third kappa shape index (κ3) is 1.33. The lowest BCUT2D eigenvalue weighted by Gasteiger charge is -2.23. The Morgan fingerprint density at radius 1 is 1.50 bits per heavy atom. The molecule has 0 aliphatic carbocycles. The molecule has 16 heavy (non-hydrogen) atoms. The van der Waals surface area contributed by atoms with Gasteiger partial charge in [0.1, 0.15) is 5.82 Å². The summed E-state index contributed by atoms with van der Waals surface area (Å²) in [6.07, 6.45) is 5.92. The molecule has 3 rings (SSSR count). The largest absolute Gasteiger partial charge is 0.340 e. The first-order chi connectivity index (χ1) is 7.84. The van der Waals surface area contributed by atoms with Crippen LogP contribution < -0.4 is 5.32 Å². The van der Waals surface area contributed by atoms with Gasteiger partial charge in [0.25, 0.3) is 0 Å². The Kier molecular flexibility index (Phi) is 2.17. The normalized spacial score (nSPS) is 25.3. The summed E-state index contributed by atoms with van der Waals surface area (Å²) in [5.74, 6) is 1.11. The van der Waals surface area contributed by atoms with Crippen molar-refractivity contribution in [1.29, 1.82) is 0 Å². The standard InChI is InChI=1S/C12H16N4/c1-2-12(4-6-14-8-12)11-15-9-3-5-13-7-10(9)16-11/h3,5,7,14H,2,4,6,8H2,1H3,(H,15,16). The van der Waals surface area contributed by atoms with E-state index < -0.39 is 0 Å². The van der Waals surface area contributed by atoms with E-state index in [1.807, 2.05) is 12.3 Å². The highest BCUT2D eigenvalue weighted by atomic mass is 15.0. The third-order valence-electron chi connectivity index (χ3n) is 3.71. The summed E-state index contributed by atoms with van der Waals surface area (Å²) < 4.78 is 0. The highest BCUT2D eigenvalue weighted by molar-refractivity contribution is 5.73. The van der Waals surface area contributed by atoms with Crippen LogP contribution in [0.15, 0.2) is 18.5 Å². The Bertz CT molecular complexity index is 463. The second kappa shape index (κ2) is 3.56. The number of imidazole rings is 1. The van der Waals surface area contributed by atoms with Gasteiger partial charge in [0.15, 0.2) is 0 Å². The van der Waals surface area contributed by atoms with Crippen LogP contribution in [-0.4, -0.2) is 28.0 Å². The number of nitrogens with one attached hydrogen (secondary N) is 2. The van der Waals surface area contributed by atoms with E-state index in [1.165, 1.54) is 0 Å². The average molecular weight is 216 g/mol. The molecule has 0 amide bonds. The van der Waals surface area contributed by atoms with Gasteiger partial charge in [-0.05, 0) is 25.5 Å². The van der Waals surface area contributed by atoms with Crippen LogP contribution in [0.25, 0.3) is 11.0 Å². The number of fused-ring (bicyclic) bond motifs is 1. The lowest BCUT2D eigenvalue weighted by molar-refractivity contribution is 0.430. The lowest BCUT2D eigenvalue weighted by atomic mass is 9.83. The second-order valence-electron chi connectivity index (χ2n) is 4.54. The topological polar surface area (TPSA) is 53.6 Å². The van der Waals surface area contributed by atoms with Gasteiger partial charge in [0.2, 0.25) is 0 Å². The van der Waals surface area contributed by atoms with Gasteiger partial charge in [-0.25, -0.2) is 4.98 Å². The van der Waals surface area contributed by atoms with E-state index in [-0.39, 0.29) is 5.41 Å². The van der Waals surface area contributed by atoms with Crippen molar-refractivity contribution < 1.29 is 0 Å². The molecule has 1 fully saturated rings. The van der Waals surface area contributed by atoms with Gasteiger partial charge in [-0.3, -0.25) is 4.98 Å². The number of rotatable bonds is 2. The summed E-state index contributed by atoms with van der Waals surface area (Å²) in [4.78, 5) is 12.2. The van der Waals surface area contributed by atoms with Crippen molar-refractivity contribution in [2.45, 2.75) is 25.2 Å². The molecular formula is C12H16N4. The maximum absolute atomic E-state index is 4.70. The summed E-state index contributed by atoms with van der Waals surface area (Å²) in [7, 11) is 0. The van der Waals surface area contributed by atoms with Crippen molar-refractivity contribution in [2.24, 2.45) is 0 Å². The number of hydrogen-bond acceptors (Lipinski definition) is 3. The Morgan fingerprint density at radius 3 is 3.12 bits per heavy atom. The molecule has 4 heteroatoms. The van der Waals surface area contributed by atoms with E-state index in [4.69, 9.17) is 4.98 Å². The second-order valence-corrected chi connectivity index (χ2v) is 4.54. The van der Waals surface area contributed by atoms with Crippen molar-refractivity contribution in [2.75, 3.05) is 13.1 Å². The van der Waals surface area contributed by atoms with Gasteiger partial charge in [-0.2, -0.15) is 0 Å². The quantitative estimate of drug-likeness (QED) is 0.801. The Morgan fingerprint density at radius 2 is 2.44 bits per heavy atom. The summed E-state index contributed by atoms with van der Waals surface area (Å²) in [5.41, 5.74) is 2.25. The molecule has 0 radical (unpaired) electrons. The van der Waals surface area contributed by atoms with Gasteiger partial charge in [-0.1, -0.05) is 6.92 Å². The van der Waals surface area contributed by atoms with Gasteiger partial charge < -0.3 is 10.3 Å². The monoisotopic (exact) mass is 216 g/mol. The van der Waals surface area contributed by atoms with E-state index in [0.29, 0.717) is 0 Å². The molecule has 1 aliphatic heterocycles. The maximum atomic E-state index is 4.70. The van der Waals surface area contributed by atoms with Crippen LogP contribution in [0.3, 0.4) is 0 Å². The molecule has 0 saturated carbocycles. The van der Waals surface area contributed by atoms with Crippen LogP contribution >= 0.6 is 0 Å². The fraction of sp³-hybridized carbons (Fsp3) is 0.500. The Hall–Kier alpha value is -1.42. The minimum atomic E-state index is 0.193. The van der Waals surface area contributed by atoms with Crippen molar-refractivity contribution in [1.82, 2.24) is 20.3 Å². The zero-order valence-corrected chi connectivity index (χ0v) is 9.45. The lowest BCUT2D eigenvalue weighted by Crippen LogP contribution is -2.29. The first-order valence-electron chi connectivity index (χ1n) is 5.85. The zero-order valence-electron chi connectivity index (χ0n) is 9.45. The molecule has 0 spiro atoms. The van der Waals surface area contributed by atoms with Crippen molar-refractivity contribution >= 4 is 11.0 Å². The number of aromatic nitrogens is 3. The van der Waals surface area contributed by atoms with Crippen molar-refractivity contribution in [3.63, 3.8) is 0 Å². The van der Waals surface area contributed by atoms with E-state index in [9.17, 15) is 0 Å². The fourth-order valence-electron chi connectivity index (χ4n) is 2.52. The molecule has 84 valence electrons. The number of aromatic amines is 1. The highest BCUT2D eigenvalue weighted by Crippen LogP contribution is 2.32. The van der Waals surface area contributed by atoms with E-state index in [1.54, 1.807) is 6.20 Å². The summed E-state index contributed by atoms with van der Waals surface area (Å²) in [5, 5.41) is 3.43. The number of pyridine rings is 1. The Balaban J connectivity index is 2.10. The predicted octanol–water partition coefficient (Wildman–Crippen LogP) is 1.60. The molecule has 1 saturated heterocycles. The molecule has 2 aromatic heterocycles. The molecule has 4 nitrogen and oxygen atoms in total. The molecule has 1 aliphatic rings. The van der Waals surface area contributed by atoms with Crippen LogP contribution in [0.4, 0.5) is 0 Å². The summed E-state index contributed by atoms with van der Waals surface area (Å²) in [6.45, 7) is 4.35. The average Bonchev–Trinajstić information content (AvgIpc) is 2.96. The smallest absolute Gasteiger partial charge is 0.114 e. The summed E-state index contributed by atoms with van der Waals surface area (Å²) >= 11 is 0. The highest BCUT2D eigenvalue weighted by Gasteiger charge is 2.36. The molecule has 2 N–H and O–H groups in total. The van der Waals surface area contributed by atoms with E-state index in [2.05, 4.69) is 22.2 Å². The Labute approximate surface area is 94.5 Å². The van der Waals surface area contributed by atoms with Crippen LogP contribution in [-0.2, 0) is 5.41 Å². The molecule has 1 unspecified atom stereocenters. The number of hydrogen-bond donors (Lipinski definition) is 2. The number of H-pyrrole nitrogens is 1. The van der Waals surface area contributed by atoms with E-state index in [0.717, 1.165) is 42.8 Å². The number of nitrogens with zero attached hydrogens (tertiary/aromatic N) is 2. The van der Waals surface area contributed by atoms with Gasteiger partial charge in [-0.15, -0.1) is 0 Å². The summed E-state index contributed by atoms with van der Waals surface area (Å²) in [6, 6.07) is 1.96. The third-order valence-corrected chi connectivity index (χ3v) is 3.71. The molecule has 0 bridgehead atoms. The van der Waals surface area contributed by atoms with Gasteiger partial charge >= 0.3 is 0 Å². The van der Waals surface area contributed by atoms with Crippen molar-refractivity contribution in [3.8, 4) is 0 Å². The zero-order chi connectivity index (χ0) is 11.0. The first-order valence-corrected chi connectivity index (χ1v) is 5.85. The fourth-order valence-corrected chi connectivity index (χ4v) is 2.52. The first kappa shape index (κ1) is 9.78. The molecule has 1 atom stereocenters. The van der Waals surface area contributed by atoms with Crippen LogP contribution in [0.1, 0.15) is 25.6 Å². The molecular weight excluding hydrogens is 200 g/mol. The van der Waals surface area contributed by atoms with Crippen molar-refractivity contribution in [3.05, 3.63) is 24.3 Å². The maximum Gasteiger partial charge on any atom is 0.114 e. The molecule has 2 aromatic rings. The minimum absolute atomic E-state index is 0.193. The predicted molar refractivity (Wildman–Crippen MR) is 63.3 cm³/mol. The van der Waals surface area contributed by atoms with Crippen LogP contribution in [0, 0.1) is 0 Å². The minimum Gasteiger partial charge on any atom is -0.340 e. The van der Waals surface area contributed by atoms with Gasteiger partial charge in [0, 0.05) is 18.2 Å². The molecule has 3 heterocycles. The molecule has 0 aromatic carbocycles. The van der Waals surface area contributed by atoms with Crippen LogP contribution in [0.5, 0.6) is 0 Å².